The van der Waals surface area contributed by atoms with Crippen LogP contribution in [0.15, 0.2) is 12.3 Å². The Morgan fingerprint density at radius 1 is 1.44 bits per heavy atom. The van der Waals surface area contributed by atoms with E-state index in [9.17, 15) is 4.79 Å². The molecule has 1 aromatic rings. The van der Waals surface area contributed by atoms with Crippen LogP contribution in [-0.2, 0) is 0 Å². The number of nitrogens with zero attached hydrogens (tertiary/aromatic N) is 2. The minimum Gasteiger partial charge on any atom is -0.383 e. The van der Waals surface area contributed by atoms with Gasteiger partial charge in [0.15, 0.2) is 5.78 Å². The summed E-state index contributed by atoms with van der Waals surface area (Å²) < 4.78 is 0. The predicted molar refractivity (Wildman–Crippen MR) is 75.0 cm³/mol. The molecule has 0 aliphatic rings. The fraction of sp³-hybridized carbons (Fsp3) is 0.538. The lowest BCUT2D eigenvalue weighted by molar-refractivity contribution is 0.0657. The second-order valence-electron chi connectivity index (χ2n) is 4.55. The van der Waals surface area contributed by atoms with Crippen molar-refractivity contribution in [2.24, 2.45) is 0 Å². The summed E-state index contributed by atoms with van der Waals surface area (Å²) in [5.74, 6) is 0.211. The van der Waals surface area contributed by atoms with Gasteiger partial charge in [-0.3, -0.25) is 9.69 Å². The van der Waals surface area contributed by atoms with E-state index in [1.807, 2.05) is 32.8 Å². The number of hydrogen-bond donors (Lipinski definition) is 1. The lowest BCUT2D eigenvalue weighted by Crippen LogP contribution is -2.50. The van der Waals surface area contributed by atoms with Gasteiger partial charge in [0.05, 0.1) is 16.1 Å². The molecule has 0 saturated heterocycles. The van der Waals surface area contributed by atoms with Gasteiger partial charge in [-0.1, -0.05) is 25.4 Å². The first-order valence-corrected chi connectivity index (χ1v) is 6.40. The van der Waals surface area contributed by atoms with Crippen molar-refractivity contribution in [1.29, 1.82) is 0 Å². The maximum Gasteiger partial charge on any atom is 0.186 e. The van der Waals surface area contributed by atoms with E-state index >= 15 is 0 Å². The average Bonchev–Trinajstić information content (AvgIpc) is 2.34. The number of carbonyl (C=O) groups excluding carboxylic acids is 1. The zero-order valence-electron chi connectivity index (χ0n) is 11.3. The molecule has 5 heteroatoms. The van der Waals surface area contributed by atoms with Crippen LogP contribution in [0.4, 0.5) is 5.82 Å². The van der Waals surface area contributed by atoms with Gasteiger partial charge in [0.2, 0.25) is 0 Å². The third-order valence-corrected chi connectivity index (χ3v) is 3.78. The topological polar surface area (TPSA) is 59.2 Å². The minimum atomic E-state index is -0.555. The standard InChI is InChI=1S/C13H20ClN3O/c1-5-13(6-2,17(3)4)11(18)10-7-9(14)8-16-12(10)15/h7-8H,5-6H2,1-4H3,(H2,15,16). The summed E-state index contributed by atoms with van der Waals surface area (Å²) in [5.41, 5.74) is 5.64. The van der Waals surface area contributed by atoms with Gasteiger partial charge in [-0.15, -0.1) is 0 Å². The Morgan fingerprint density at radius 3 is 2.44 bits per heavy atom. The van der Waals surface area contributed by atoms with Crippen molar-refractivity contribution >= 4 is 23.2 Å². The van der Waals surface area contributed by atoms with E-state index < -0.39 is 5.54 Å². The van der Waals surface area contributed by atoms with E-state index in [1.54, 1.807) is 6.07 Å². The quantitative estimate of drug-likeness (QED) is 0.835. The summed E-state index contributed by atoms with van der Waals surface area (Å²) >= 11 is 5.89. The number of hydrogen-bond acceptors (Lipinski definition) is 4. The largest absolute Gasteiger partial charge is 0.383 e. The first-order chi connectivity index (χ1) is 8.39. The Kier molecular flexibility index (Phi) is 4.71. The SMILES string of the molecule is CCC(CC)(C(=O)c1cc(Cl)cnc1N)N(C)C. The molecule has 0 saturated carbocycles. The van der Waals surface area contributed by atoms with Crippen LogP contribution in [0.25, 0.3) is 0 Å². The number of nitrogens with two attached hydrogens (primary N) is 1. The highest BCUT2D eigenvalue weighted by Gasteiger charge is 2.38. The third kappa shape index (κ3) is 2.49. The summed E-state index contributed by atoms with van der Waals surface area (Å²) in [6.45, 7) is 3.99. The van der Waals surface area contributed by atoms with E-state index in [0.717, 1.165) is 0 Å². The molecule has 18 heavy (non-hydrogen) atoms. The first-order valence-electron chi connectivity index (χ1n) is 6.02. The summed E-state index contributed by atoms with van der Waals surface area (Å²) in [6.07, 6.45) is 2.87. The average molecular weight is 270 g/mol. The number of rotatable bonds is 5. The minimum absolute atomic E-state index is 0.0231. The van der Waals surface area contributed by atoms with Crippen molar-refractivity contribution in [2.45, 2.75) is 32.2 Å². The molecule has 0 fully saturated rings. The fourth-order valence-electron chi connectivity index (χ4n) is 2.29. The Morgan fingerprint density at radius 2 is 2.00 bits per heavy atom. The number of pyridine rings is 1. The number of carbonyl (C=O) groups is 1. The van der Waals surface area contributed by atoms with Crippen LogP contribution < -0.4 is 5.73 Å². The monoisotopic (exact) mass is 269 g/mol. The third-order valence-electron chi connectivity index (χ3n) is 3.58. The number of nitrogen functional groups attached to an aromatic ring is 1. The Labute approximate surface area is 113 Å². The molecule has 0 aliphatic heterocycles. The molecule has 2 N–H and O–H groups in total. The van der Waals surface area contributed by atoms with E-state index in [0.29, 0.717) is 23.4 Å². The van der Waals surface area contributed by atoms with E-state index in [4.69, 9.17) is 17.3 Å². The lowest BCUT2D eigenvalue weighted by Gasteiger charge is -2.37. The molecule has 0 radical (unpaired) electrons. The Balaban J connectivity index is 3.30. The number of Topliss-reactive ketones (excluding diaryl/α,β-unsaturated/α-hetero) is 1. The molecule has 1 heterocycles. The Bertz CT molecular complexity index is 442. The number of ketones is 1. The zero-order valence-corrected chi connectivity index (χ0v) is 12.1. The van der Waals surface area contributed by atoms with Crippen LogP contribution in [0.3, 0.4) is 0 Å². The summed E-state index contributed by atoms with van der Waals surface area (Å²) in [5, 5.41) is 0.424. The lowest BCUT2D eigenvalue weighted by atomic mass is 9.83. The van der Waals surface area contributed by atoms with Crippen LogP contribution in [0.1, 0.15) is 37.0 Å². The normalized spacial score (nSPS) is 11.9. The van der Waals surface area contributed by atoms with Crippen molar-refractivity contribution in [3.8, 4) is 0 Å². The van der Waals surface area contributed by atoms with Gasteiger partial charge in [0.25, 0.3) is 0 Å². The van der Waals surface area contributed by atoms with Crippen LogP contribution in [0.2, 0.25) is 5.02 Å². The molecule has 0 aromatic carbocycles. The molecule has 0 amide bonds. The van der Waals surface area contributed by atoms with Gasteiger partial charge in [-0.2, -0.15) is 0 Å². The van der Waals surface area contributed by atoms with Crippen molar-refractivity contribution in [2.75, 3.05) is 19.8 Å². The maximum atomic E-state index is 12.7. The number of aromatic nitrogens is 1. The highest BCUT2D eigenvalue weighted by molar-refractivity contribution is 6.31. The Hall–Kier alpha value is -1.13. The number of likely N-dealkylation sites (N-methyl/N-ethyl adjacent to an activating group) is 1. The molecule has 0 bridgehead atoms. The molecule has 1 rings (SSSR count). The number of anilines is 1. The van der Waals surface area contributed by atoms with Crippen LogP contribution in [0.5, 0.6) is 0 Å². The van der Waals surface area contributed by atoms with Gasteiger partial charge in [0, 0.05) is 6.20 Å². The molecule has 0 aliphatic carbocycles. The van der Waals surface area contributed by atoms with Gasteiger partial charge < -0.3 is 5.73 Å². The molecule has 0 spiro atoms. The van der Waals surface area contributed by atoms with Gasteiger partial charge in [0.1, 0.15) is 5.82 Å². The second-order valence-corrected chi connectivity index (χ2v) is 4.99. The highest BCUT2D eigenvalue weighted by atomic mass is 35.5. The molecule has 0 atom stereocenters. The predicted octanol–water partition coefficient (Wildman–Crippen LogP) is 2.62. The molecule has 100 valence electrons. The van der Waals surface area contributed by atoms with E-state index in [-0.39, 0.29) is 11.6 Å². The van der Waals surface area contributed by atoms with Crippen molar-refractivity contribution < 1.29 is 4.79 Å². The molecule has 0 unspecified atom stereocenters. The van der Waals surface area contributed by atoms with Gasteiger partial charge in [-0.25, -0.2) is 4.98 Å². The molecular formula is C13H20ClN3O. The van der Waals surface area contributed by atoms with Crippen LogP contribution in [0, 0.1) is 0 Å². The fourth-order valence-corrected chi connectivity index (χ4v) is 2.45. The van der Waals surface area contributed by atoms with Crippen LogP contribution >= 0.6 is 11.6 Å². The smallest absolute Gasteiger partial charge is 0.186 e. The zero-order chi connectivity index (χ0) is 13.9. The van der Waals surface area contributed by atoms with Crippen molar-refractivity contribution in [3.63, 3.8) is 0 Å². The second kappa shape index (κ2) is 5.67. The van der Waals surface area contributed by atoms with Gasteiger partial charge >= 0.3 is 0 Å². The van der Waals surface area contributed by atoms with E-state index in [2.05, 4.69) is 4.98 Å². The van der Waals surface area contributed by atoms with Crippen molar-refractivity contribution in [3.05, 3.63) is 22.8 Å². The van der Waals surface area contributed by atoms with Crippen molar-refractivity contribution in [1.82, 2.24) is 9.88 Å². The first kappa shape index (κ1) is 14.9. The summed E-state index contributed by atoms with van der Waals surface area (Å²) in [6, 6.07) is 1.59. The molecular weight excluding hydrogens is 250 g/mol. The molecule has 1 aromatic heterocycles. The highest BCUT2D eigenvalue weighted by Crippen LogP contribution is 2.29. The molecule has 4 nitrogen and oxygen atoms in total. The van der Waals surface area contributed by atoms with Crippen LogP contribution in [-0.4, -0.2) is 35.3 Å². The van der Waals surface area contributed by atoms with Gasteiger partial charge in [-0.05, 0) is 33.0 Å². The van der Waals surface area contributed by atoms with E-state index in [1.165, 1.54) is 6.20 Å². The summed E-state index contributed by atoms with van der Waals surface area (Å²) in [4.78, 5) is 18.6. The maximum absolute atomic E-state index is 12.7. The number of halogens is 1. The summed E-state index contributed by atoms with van der Waals surface area (Å²) in [7, 11) is 3.80.